The third-order valence-electron chi connectivity index (χ3n) is 2.58. The van der Waals surface area contributed by atoms with Gasteiger partial charge in [-0.1, -0.05) is 54.4 Å². The maximum absolute atomic E-state index is 11.6. The monoisotopic (exact) mass is 296 g/mol. The number of aryl methyl sites for hydroxylation is 1. The molecule has 0 aromatic carbocycles. The number of hydrogen-bond acceptors (Lipinski definition) is 3. The second kappa shape index (κ2) is 10.4. The lowest BCUT2D eigenvalue weighted by molar-refractivity contribution is -0.119. The maximum atomic E-state index is 11.6. The first kappa shape index (κ1) is 19.6. The summed E-state index contributed by atoms with van der Waals surface area (Å²) in [7, 11) is 0. The van der Waals surface area contributed by atoms with E-state index in [0.29, 0.717) is 31.4 Å². The van der Waals surface area contributed by atoms with Crippen LogP contribution in [-0.2, 0) is 11.3 Å². The number of hydrogen-bond donors (Lipinski definition) is 0. The molecule has 122 valence electrons. The maximum Gasteiger partial charge on any atom is 0.231 e. The minimum absolute atomic E-state index is 0.146. The standard InChI is InChI=1S/C10H16N4O.2C3H8/c1-4-13-8(15)5-6-14-10(13)11-9(12-14)7(2)3;2*1-3-2/h7H,4-6H2,1-3H3;2*3H2,1-2H3. The van der Waals surface area contributed by atoms with Crippen molar-refractivity contribution in [3.05, 3.63) is 5.82 Å². The van der Waals surface area contributed by atoms with Gasteiger partial charge in [-0.2, -0.15) is 10.1 Å². The molecule has 5 heteroatoms. The summed E-state index contributed by atoms with van der Waals surface area (Å²) < 4.78 is 1.83. The van der Waals surface area contributed by atoms with Crippen LogP contribution >= 0.6 is 0 Å². The lowest BCUT2D eigenvalue weighted by Gasteiger charge is -2.24. The van der Waals surface area contributed by atoms with Gasteiger partial charge in [-0.25, -0.2) is 4.68 Å². The van der Waals surface area contributed by atoms with Crippen molar-refractivity contribution in [2.24, 2.45) is 0 Å². The molecule has 0 unspecified atom stereocenters. The van der Waals surface area contributed by atoms with Gasteiger partial charge >= 0.3 is 0 Å². The molecular formula is C16H32N4O. The summed E-state index contributed by atoms with van der Waals surface area (Å²) in [4.78, 5) is 17.7. The van der Waals surface area contributed by atoms with Crippen LogP contribution < -0.4 is 4.90 Å². The van der Waals surface area contributed by atoms with E-state index in [0.717, 1.165) is 5.82 Å². The molecule has 5 nitrogen and oxygen atoms in total. The van der Waals surface area contributed by atoms with Crippen molar-refractivity contribution in [3.8, 4) is 0 Å². The first-order chi connectivity index (χ1) is 9.96. The fourth-order valence-corrected chi connectivity index (χ4v) is 1.71. The summed E-state index contributed by atoms with van der Waals surface area (Å²) in [6, 6.07) is 0. The van der Waals surface area contributed by atoms with E-state index in [4.69, 9.17) is 0 Å². The Hall–Kier alpha value is -1.39. The van der Waals surface area contributed by atoms with E-state index in [9.17, 15) is 4.79 Å². The van der Waals surface area contributed by atoms with E-state index in [1.54, 1.807) is 4.90 Å². The van der Waals surface area contributed by atoms with Crippen LogP contribution in [0.15, 0.2) is 0 Å². The van der Waals surface area contributed by atoms with Crippen LogP contribution in [0.2, 0.25) is 0 Å². The van der Waals surface area contributed by atoms with Crippen molar-refractivity contribution in [1.29, 1.82) is 0 Å². The lowest BCUT2D eigenvalue weighted by atomic mass is 10.2. The van der Waals surface area contributed by atoms with Gasteiger partial charge in [0.15, 0.2) is 5.82 Å². The Morgan fingerprint density at radius 2 is 1.62 bits per heavy atom. The topological polar surface area (TPSA) is 51.0 Å². The molecular weight excluding hydrogens is 264 g/mol. The third-order valence-corrected chi connectivity index (χ3v) is 2.58. The van der Waals surface area contributed by atoms with Crippen molar-refractivity contribution in [3.63, 3.8) is 0 Å². The van der Waals surface area contributed by atoms with E-state index in [1.165, 1.54) is 12.8 Å². The van der Waals surface area contributed by atoms with Gasteiger partial charge in [0.05, 0.1) is 6.54 Å². The molecule has 0 fully saturated rings. The van der Waals surface area contributed by atoms with Gasteiger partial charge in [0.25, 0.3) is 0 Å². The first-order valence-corrected chi connectivity index (χ1v) is 8.21. The summed E-state index contributed by atoms with van der Waals surface area (Å²) in [6.07, 6.45) is 3.03. The Labute approximate surface area is 129 Å². The molecule has 21 heavy (non-hydrogen) atoms. The van der Waals surface area contributed by atoms with Crippen molar-refractivity contribution >= 4 is 11.9 Å². The van der Waals surface area contributed by atoms with Gasteiger partial charge in [-0.3, -0.25) is 9.69 Å². The van der Waals surface area contributed by atoms with Crippen LogP contribution in [-0.4, -0.2) is 27.2 Å². The highest BCUT2D eigenvalue weighted by atomic mass is 16.2. The van der Waals surface area contributed by atoms with Crippen LogP contribution in [0.5, 0.6) is 0 Å². The van der Waals surface area contributed by atoms with Crippen LogP contribution in [0.1, 0.15) is 79.5 Å². The number of anilines is 1. The molecule has 0 bridgehead atoms. The third kappa shape index (κ3) is 5.86. The van der Waals surface area contributed by atoms with Crippen LogP contribution in [0, 0.1) is 0 Å². The Morgan fingerprint density at radius 1 is 1.10 bits per heavy atom. The molecule has 0 atom stereocenters. The van der Waals surface area contributed by atoms with Gasteiger partial charge in [0.1, 0.15) is 0 Å². The zero-order chi connectivity index (χ0) is 16.4. The Bertz CT molecular complexity index is 410. The largest absolute Gasteiger partial charge is 0.281 e. The predicted octanol–water partition coefficient (Wildman–Crippen LogP) is 3.99. The average molecular weight is 296 g/mol. The van der Waals surface area contributed by atoms with Crippen molar-refractivity contribution < 1.29 is 4.79 Å². The zero-order valence-electron chi connectivity index (χ0n) is 14.8. The summed E-state index contributed by atoms with van der Waals surface area (Å²) in [5, 5.41) is 4.39. The number of amides is 1. The van der Waals surface area contributed by atoms with Crippen LogP contribution in [0.4, 0.5) is 5.95 Å². The second-order valence-corrected chi connectivity index (χ2v) is 5.45. The van der Waals surface area contributed by atoms with E-state index in [-0.39, 0.29) is 5.91 Å². The molecule has 0 N–H and O–H groups in total. The minimum Gasteiger partial charge on any atom is -0.281 e. The summed E-state index contributed by atoms with van der Waals surface area (Å²) >= 11 is 0. The Balaban J connectivity index is 0.000000578. The van der Waals surface area contributed by atoms with E-state index >= 15 is 0 Å². The number of aromatic nitrogens is 3. The highest BCUT2D eigenvalue weighted by Gasteiger charge is 2.26. The van der Waals surface area contributed by atoms with Gasteiger partial charge in [0.2, 0.25) is 11.9 Å². The molecule has 1 aliphatic heterocycles. The molecule has 0 radical (unpaired) electrons. The Kier molecular flexibility index (Phi) is 9.67. The zero-order valence-corrected chi connectivity index (χ0v) is 14.8. The van der Waals surface area contributed by atoms with Crippen molar-refractivity contribution in [2.45, 2.75) is 80.2 Å². The smallest absolute Gasteiger partial charge is 0.231 e. The number of fused-ring (bicyclic) bond motifs is 1. The molecule has 1 aromatic heterocycles. The fourth-order valence-electron chi connectivity index (χ4n) is 1.71. The van der Waals surface area contributed by atoms with Gasteiger partial charge in [-0.15, -0.1) is 0 Å². The molecule has 1 aromatic rings. The molecule has 1 aliphatic rings. The number of carbonyl (C=O) groups is 1. The van der Waals surface area contributed by atoms with E-state index < -0.39 is 0 Å². The van der Waals surface area contributed by atoms with Crippen LogP contribution in [0.3, 0.4) is 0 Å². The minimum atomic E-state index is 0.146. The number of rotatable bonds is 2. The normalized spacial score (nSPS) is 13.1. The Morgan fingerprint density at radius 3 is 2.05 bits per heavy atom. The fraction of sp³-hybridized carbons (Fsp3) is 0.812. The summed E-state index contributed by atoms with van der Waals surface area (Å²) in [6.45, 7) is 15.9. The second-order valence-electron chi connectivity index (χ2n) is 5.45. The summed E-state index contributed by atoms with van der Waals surface area (Å²) in [5.74, 6) is 1.97. The quantitative estimate of drug-likeness (QED) is 0.829. The highest BCUT2D eigenvalue weighted by Crippen LogP contribution is 2.21. The predicted molar refractivity (Wildman–Crippen MR) is 88.7 cm³/mol. The van der Waals surface area contributed by atoms with Gasteiger partial charge in [-0.05, 0) is 6.92 Å². The SMILES string of the molecule is CCC.CCC.CCN1C(=O)CCn2nc(C(C)C)nc21. The molecule has 0 saturated carbocycles. The van der Waals surface area contributed by atoms with E-state index in [2.05, 4.69) is 51.6 Å². The van der Waals surface area contributed by atoms with Gasteiger partial charge < -0.3 is 0 Å². The summed E-state index contributed by atoms with van der Waals surface area (Å²) in [5.41, 5.74) is 0. The molecule has 2 rings (SSSR count). The number of carbonyl (C=O) groups excluding carboxylic acids is 1. The molecule has 0 spiro atoms. The van der Waals surface area contributed by atoms with Crippen LogP contribution in [0.25, 0.3) is 0 Å². The lowest BCUT2D eigenvalue weighted by Crippen LogP contribution is -2.37. The van der Waals surface area contributed by atoms with Crippen molar-refractivity contribution in [1.82, 2.24) is 14.8 Å². The molecule has 0 aliphatic carbocycles. The van der Waals surface area contributed by atoms with E-state index in [1.807, 2.05) is 11.6 Å². The first-order valence-electron chi connectivity index (χ1n) is 8.21. The highest BCUT2D eigenvalue weighted by molar-refractivity contribution is 5.92. The molecule has 0 saturated heterocycles. The van der Waals surface area contributed by atoms with Gasteiger partial charge in [0, 0.05) is 18.9 Å². The molecule has 2 heterocycles. The molecule has 1 amide bonds. The number of nitrogens with zero attached hydrogens (tertiary/aromatic N) is 4. The van der Waals surface area contributed by atoms with Crippen molar-refractivity contribution in [2.75, 3.05) is 11.4 Å². The average Bonchev–Trinajstić information content (AvgIpc) is 2.85.